The van der Waals surface area contributed by atoms with Crippen LogP contribution in [-0.4, -0.2) is 95.2 Å². The van der Waals surface area contributed by atoms with E-state index in [0.717, 1.165) is 38.6 Å². The van der Waals surface area contributed by atoms with Gasteiger partial charge >= 0.3 is 5.97 Å². The molecule has 2 aromatic rings. The zero-order valence-electron chi connectivity index (χ0n) is 40.0. The van der Waals surface area contributed by atoms with E-state index in [1.807, 2.05) is 11.8 Å². The number of nitrogens with one attached hydrogen (secondary N) is 4. The maximum absolute atomic E-state index is 12.6. The number of ether oxygens (including phenoxy) is 1. The van der Waals surface area contributed by atoms with Crippen molar-refractivity contribution in [1.29, 1.82) is 0 Å². The van der Waals surface area contributed by atoms with Crippen molar-refractivity contribution in [3.05, 3.63) is 71.3 Å². The van der Waals surface area contributed by atoms with Crippen LogP contribution >= 0.6 is 0 Å². The molecule has 358 valence electrons. The second kappa shape index (κ2) is 32.5. The molecular formula is C50H79N5O9. The number of hydrogen-bond acceptors (Lipinski definition) is 9. The zero-order chi connectivity index (χ0) is 47.9. The maximum Gasteiger partial charge on any atom is 0.333 e. The van der Waals surface area contributed by atoms with E-state index in [2.05, 4.69) is 59.4 Å². The topological polar surface area (TPSA) is 200 Å². The minimum Gasteiger partial charge on any atom is -0.458 e. The van der Waals surface area contributed by atoms with Crippen LogP contribution in [0.5, 0.6) is 0 Å². The number of ketones is 1. The molecule has 5 amide bonds. The lowest BCUT2D eigenvalue weighted by molar-refractivity contribution is -0.158. The first-order valence-electron chi connectivity index (χ1n) is 23.4. The van der Waals surface area contributed by atoms with Crippen LogP contribution in [0.4, 0.5) is 0 Å². The van der Waals surface area contributed by atoms with Crippen LogP contribution in [0, 0.1) is 0 Å². The number of amides is 5. The second-order valence-corrected chi connectivity index (χ2v) is 17.3. The number of hydrogen-bond donors (Lipinski definition) is 5. The van der Waals surface area contributed by atoms with Crippen molar-refractivity contribution in [2.45, 2.75) is 181 Å². The standard InChI is InChI=1S/C21H29N3O6.C20H30N2O2.C6H12.C3H8O/c1-5-9-15(23-13-25)18(27)19(28)22-12-16(26)24-17(14-10-7-6-8-11-14)20(29)30-21(2,3)4;1-4-7-17-9-5-10-18(14-17)11-12-19(23)21-16(3)20(24)22-13-6-8-15(22)2;1-2-4-6-5-3-1;1-2-3-4/h6-8,10-11,13,15,17H,5,9,12H2,1-4H3,(H,22,28)(H,23,25)(H,24,26);5,9-10,14-16H,4,6-8,11-13H2,1-3H3,(H,21,23);1-6H2;4H,2-3H2,1H3/t;15?,16-;;/m.0../s1. The van der Waals surface area contributed by atoms with Gasteiger partial charge in [-0.05, 0) is 89.8 Å². The van der Waals surface area contributed by atoms with E-state index >= 15 is 0 Å². The molecule has 0 bridgehead atoms. The lowest BCUT2D eigenvalue weighted by Crippen LogP contribution is -2.48. The predicted molar refractivity (Wildman–Crippen MR) is 251 cm³/mol. The number of aryl methyl sites for hydroxylation is 2. The normalized spacial score (nSPS) is 15.6. The van der Waals surface area contributed by atoms with Crippen LogP contribution in [0.1, 0.15) is 162 Å². The molecule has 1 saturated carbocycles. The number of esters is 1. The molecule has 4 rings (SSSR count). The number of likely N-dealkylation sites (tertiary alicyclic amines) is 1. The summed E-state index contributed by atoms with van der Waals surface area (Å²) in [6.45, 7) is 15.5. The van der Waals surface area contributed by atoms with Gasteiger partial charge in [-0.1, -0.05) is 127 Å². The molecule has 2 aromatic carbocycles. The number of benzene rings is 2. The molecule has 3 unspecified atom stereocenters. The van der Waals surface area contributed by atoms with Crippen molar-refractivity contribution in [1.82, 2.24) is 26.2 Å². The summed E-state index contributed by atoms with van der Waals surface area (Å²) in [6, 6.07) is 14.8. The van der Waals surface area contributed by atoms with Gasteiger partial charge < -0.3 is 36.0 Å². The van der Waals surface area contributed by atoms with Gasteiger partial charge in [0.1, 0.15) is 11.6 Å². The fourth-order valence-corrected chi connectivity index (χ4v) is 7.00. The summed E-state index contributed by atoms with van der Waals surface area (Å²) in [5.41, 5.74) is 2.26. The molecule has 0 spiro atoms. The highest BCUT2D eigenvalue weighted by molar-refractivity contribution is 6.38. The SMILES string of the molecule is C1CCCCC1.CCCC(NC=O)C(=O)C(=O)NCC(=O)NC(C(=O)OC(C)(C)C)c1ccccc1.CCCO.CCCc1cccc(CCC(=O)N[C@@H](C)C(=O)N2CCCC2C)c1. The third kappa shape index (κ3) is 24.1. The largest absolute Gasteiger partial charge is 0.458 e. The van der Waals surface area contributed by atoms with Crippen LogP contribution in [0.25, 0.3) is 0 Å². The zero-order valence-corrected chi connectivity index (χ0v) is 40.0. The molecule has 1 heterocycles. The Morgan fingerprint density at radius 1 is 0.812 bits per heavy atom. The molecule has 1 saturated heterocycles. The summed E-state index contributed by atoms with van der Waals surface area (Å²) in [5.74, 6) is -3.18. The van der Waals surface area contributed by atoms with E-state index in [0.29, 0.717) is 44.3 Å². The molecule has 0 radical (unpaired) electrons. The first kappa shape index (κ1) is 56.9. The Balaban J connectivity index is 0.000000531. The number of carbonyl (C=O) groups is 7. The molecule has 1 aliphatic heterocycles. The Morgan fingerprint density at radius 2 is 1.41 bits per heavy atom. The lowest BCUT2D eigenvalue weighted by atomic mass is 10.0. The van der Waals surface area contributed by atoms with E-state index in [1.165, 1.54) is 49.7 Å². The summed E-state index contributed by atoms with van der Waals surface area (Å²) in [6.07, 6.45) is 16.5. The van der Waals surface area contributed by atoms with Crippen LogP contribution in [0.15, 0.2) is 54.6 Å². The maximum atomic E-state index is 12.6. The fraction of sp³-hybridized carbons (Fsp3) is 0.620. The molecule has 2 fully saturated rings. The van der Waals surface area contributed by atoms with Crippen LogP contribution < -0.4 is 21.3 Å². The summed E-state index contributed by atoms with van der Waals surface area (Å²) >= 11 is 0. The number of rotatable bonds is 19. The van der Waals surface area contributed by atoms with E-state index in [9.17, 15) is 33.6 Å². The van der Waals surface area contributed by atoms with Gasteiger partial charge in [0, 0.05) is 25.6 Å². The van der Waals surface area contributed by atoms with Crippen molar-refractivity contribution in [3.63, 3.8) is 0 Å². The Morgan fingerprint density at radius 3 is 1.91 bits per heavy atom. The molecule has 64 heavy (non-hydrogen) atoms. The molecule has 4 atom stereocenters. The Hall–Kier alpha value is -5.11. The molecule has 0 aromatic heterocycles. The fourth-order valence-electron chi connectivity index (χ4n) is 7.00. The average molecular weight is 894 g/mol. The van der Waals surface area contributed by atoms with Gasteiger partial charge in [0.2, 0.25) is 29.9 Å². The highest BCUT2D eigenvalue weighted by Gasteiger charge is 2.30. The quantitative estimate of drug-likeness (QED) is 0.0586. The minimum atomic E-state index is -1.07. The van der Waals surface area contributed by atoms with Gasteiger partial charge in [-0.15, -0.1) is 0 Å². The summed E-state index contributed by atoms with van der Waals surface area (Å²) in [7, 11) is 0. The Labute approximate surface area is 382 Å². The molecule has 14 heteroatoms. The molecule has 14 nitrogen and oxygen atoms in total. The lowest BCUT2D eigenvalue weighted by Gasteiger charge is -2.25. The molecule has 1 aliphatic carbocycles. The van der Waals surface area contributed by atoms with Crippen molar-refractivity contribution >= 4 is 41.8 Å². The summed E-state index contributed by atoms with van der Waals surface area (Å²) < 4.78 is 5.37. The van der Waals surface area contributed by atoms with Gasteiger partial charge in [-0.2, -0.15) is 0 Å². The van der Waals surface area contributed by atoms with Crippen molar-refractivity contribution < 1.29 is 43.4 Å². The van der Waals surface area contributed by atoms with Crippen molar-refractivity contribution in [2.75, 3.05) is 19.7 Å². The van der Waals surface area contributed by atoms with Gasteiger partial charge in [0.15, 0.2) is 6.04 Å². The summed E-state index contributed by atoms with van der Waals surface area (Å²) in [4.78, 5) is 86.1. The van der Waals surface area contributed by atoms with E-state index in [-0.39, 0.29) is 17.9 Å². The number of aliphatic hydroxyl groups excluding tert-OH is 1. The van der Waals surface area contributed by atoms with Crippen molar-refractivity contribution in [3.8, 4) is 0 Å². The number of aliphatic hydroxyl groups is 1. The molecule has 5 N–H and O–H groups in total. The smallest absolute Gasteiger partial charge is 0.333 e. The van der Waals surface area contributed by atoms with Gasteiger partial charge in [-0.25, -0.2) is 4.79 Å². The highest BCUT2D eigenvalue weighted by atomic mass is 16.6. The van der Waals surface area contributed by atoms with Gasteiger partial charge in [0.25, 0.3) is 5.91 Å². The number of nitrogens with zero attached hydrogens (tertiary/aromatic N) is 1. The first-order chi connectivity index (χ1) is 30.5. The predicted octanol–water partition coefficient (Wildman–Crippen LogP) is 6.60. The number of carbonyl (C=O) groups excluding carboxylic acids is 7. The third-order valence-corrected chi connectivity index (χ3v) is 10.4. The summed E-state index contributed by atoms with van der Waals surface area (Å²) in [5, 5.41) is 17.8. The minimum absolute atomic E-state index is 0.0401. The van der Waals surface area contributed by atoms with Crippen LogP contribution in [0.3, 0.4) is 0 Å². The van der Waals surface area contributed by atoms with E-state index < -0.39 is 53.8 Å². The average Bonchev–Trinajstić information content (AvgIpc) is 3.72. The van der Waals surface area contributed by atoms with Gasteiger partial charge in [0.05, 0.1) is 12.6 Å². The highest BCUT2D eigenvalue weighted by Crippen LogP contribution is 2.20. The Kier molecular flexibility index (Phi) is 28.9. The molecule has 2 aliphatic rings. The van der Waals surface area contributed by atoms with E-state index in [1.54, 1.807) is 65.0 Å². The monoisotopic (exact) mass is 894 g/mol. The number of Topliss-reactive ketones (excluding diaryl/α,β-unsaturated/α-hetero) is 1. The van der Waals surface area contributed by atoms with Crippen LogP contribution in [0.2, 0.25) is 0 Å². The first-order valence-corrected chi connectivity index (χ1v) is 23.4. The van der Waals surface area contributed by atoms with Crippen LogP contribution in [-0.2, 0) is 51.1 Å². The van der Waals surface area contributed by atoms with E-state index in [4.69, 9.17) is 9.84 Å². The second-order valence-electron chi connectivity index (χ2n) is 17.3. The molecular weight excluding hydrogens is 815 g/mol. The van der Waals surface area contributed by atoms with Gasteiger partial charge in [-0.3, -0.25) is 28.8 Å². The van der Waals surface area contributed by atoms with Crippen molar-refractivity contribution in [2.24, 2.45) is 0 Å². The Bertz CT molecular complexity index is 1680. The third-order valence-electron chi connectivity index (χ3n) is 10.4.